The number of hydrogen-bond acceptors (Lipinski definition) is 3. The van der Waals surface area contributed by atoms with Crippen molar-refractivity contribution in [3.8, 4) is 0 Å². The molecule has 0 unspecified atom stereocenters. The molecule has 0 heterocycles. The number of anilines is 1. The van der Waals surface area contributed by atoms with Crippen LogP contribution in [-0.2, 0) is 17.6 Å². The molecular weight excluding hydrogens is 300 g/mol. The normalized spacial score (nSPS) is 17.8. The van der Waals surface area contributed by atoms with E-state index in [2.05, 4.69) is 33.4 Å². The molecule has 3 rings (SSSR count). The molecule has 2 aliphatic rings. The second-order valence-electron chi connectivity index (χ2n) is 6.80. The van der Waals surface area contributed by atoms with Crippen LogP contribution >= 0.6 is 0 Å². The molecule has 3 N–H and O–H groups in total. The highest BCUT2D eigenvalue weighted by Crippen LogP contribution is 2.28. The van der Waals surface area contributed by atoms with Gasteiger partial charge in [0.15, 0.2) is 5.96 Å². The number of aryl methyl sites for hydroxylation is 1. The van der Waals surface area contributed by atoms with Crippen molar-refractivity contribution in [3.05, 3.63) is 29.3 Å². The third kappa shape index (κ3) is 4.71. The smallest absolute Gasteiger partial charge is 0.193 e. The summed E-state index contributed by atoms with van der Waals surface area (Å²) in [4.78, 5) is 6.99. The first-order valence-electron chi connectivity index (χ1n) is 9.18. The molecule has 0 aromatic heterocycles. The quantitative estimate of drug-likeness (QED) is 0.567. The van der Waals surface area contributed by atoms with Gasteiger partial charge in [0, 0.05) is 31.9 Å². The molecule has 24 heavy (non-hydrogen) atoms. The molecule has 1 saturated carbocycles. The number of hydrogen-bond donors (Lipinski definition) is 2. The second kappa shape index (κ2) is 8.49. The van der Waals surface area contributed by atoms with E-state index in [0.717, 1.165) is 44.4 Å². The summed E-state index contributed by atoms with van der Waals surface area (Å²) >= 11 is 0. The van der Waals surface area contributed by atoms with Gasteiger partial charge in [0.25, 0.3) is 0 Å². The van der Waals surface area contributed by atoms with Crippen LogP contribution in [0.5, 0.6) is 0 Å². The average Bonchev–Trinajstić information content (AvgIpc) is 3.43. The molecule has 5 heteroatoms. The number of benzene rings is 1. The molecule has 1 aromatic rings. The van der Waals surface area contributed by atoms with Gasteiger partial charge in [0.1, 0.15) is 0 Å². The first-order chi connectivity index (χ1) is 11.8. The van der Waals surface area contributed by atoms with Crippen molar-refractivity contribution in [1.29, 1.82) is 0 Å². The highest BCUT2D eigenvalue weighted by Gasteiger charge is 2.28. The summed E-state index contributed by atoms with van der Waals surface area (Å²) < 4.78 is 5.19. The van der Waals surface area contributed by atoms with Crippen molar-refractivity contribution in [3.63, 3.8) is 0 Å². The van der Waals surface area contributed by atoms with Crippen LogP contribution in [0.1, 0.15) is 36.8 Å². The van der Waals surface area contributed by atoms with Crippen LogP contribution < -0.4 is 11.1 Å². The summed E-state index contributed by atoms with van der Waals surface area (Å²) in [5, 5.41) is 3.32. The van der Waals surface area contributed by atoms with Gasteiger partial charge in [-0.2, -0.15) is 0 Å². The summed E-state index contributed by atoms with van der Waals surface area (Å²) in [6, 6.07) is 7.18. The monoisotopic (exact) mass is 330 g/mol. The fourth-order valence-electron chi connectivity index (χ4n) is 3.50. The van der Waals surface area contributed by atoms with Gasteiger partial charge in [-0.15, -0.1) is 0 Å². The van der Waals surface area contributed by atoms with E-state index in [9.17, 15) is 0 Å². The van der Waals surface area contributed by atoms with Crippen LogP contribution in [0.25, 0.3) is 0 Å². The lowest BCUT2D eigenvalue weighted by molar-refractivity contribution is 0.145. The van der Waals surface area contributed by atoms with Crippen LogP contribution in [0.3, 0.4) is 0 Å². The second-order valence-corrected chi connectivity index (χ2v) is 6.80. The van der Waals surface area contributed by atoms with Gasteiger partial charge >= 0.3 is 0 Å². The van der Waals surface area contributed by atoms with Crippen molar-refractivity contribution in [2.45, 2.75) is 44.6 Å². The molecule has 5 nitrogen and oxygen atoms in total. The highest BCUT2D eigenvalue weighted by atomic mass is 16.5. The minimum atomic E-state index is 0.525. The van der Waals surface area contributed by atoms with Crippen LogP contribution in [-0.4, -0.2) is 50.3 Å². The fraction of sp³-hybridized carbons (Fsp3) is 0.632. The fourth-order valence-corrected chi connectivity index (χ4v) is 3.50. The topological polar surface area (TPSA) is 62.9 Å². The zero-order valence-electron chi connectivity index (χ0n) is 14.8. The Morgan fingerprint density at radius 1 is 1.29 bits per heavy atom. The largest absolute Gasteiger partial charge is 0.383 e. The molecule has 0 spiro atoms. The first kappa shape index (κ1) is 17.2. The van der Waals surface area contributed by atoms with Crippen LogP contribution in [0.2, 0.25) is 0 Å². The molecule has 1 fully saturated rings. The highest BCUT2D eigenvalue weighted by molar-refractivity contribution is 5.93. The Balaban J connectivity index is 1.53. The van der Waals surface area contributed by atoms with Crippen LogP contribution in [0, 0.1) is 0 Å². The van der Waals surface area contributed by atoms with Crippen molar-refractivity contribution in [2.24, 2.45) is 10.7 Å². The minimum Gasteiger partial charge on any atom is -0.383 e. The molecule has 1 aromatic carbocycles. The van der Waals surface area contributed by atoms with Gasteiger partial charge in [-0.3, -0.25) is 9.89 Å². The number of methoxy groups -OCH3 is 1. The molecular formula is C19H30N4O. The summed E-state index contributed by atoms with van der Waals surface area (Å²) in [5.41, 5.74) is 10.1. The summed E-state index contributed by atoms with van der Waals surface area (Å²) in [7, 11) is 1.76. The number of ether oxygens (including phenoxy) is 1. The van der Waals surface area contributed by atoms with E-state index in [-0.39, 0.29) is 0 Å². The van der Waals surface area contributed by atoms with E-state index in [4.69, 9.17) is 10.5 Å². The van der Waals surface area contributed by atoms with E-state index in [0.29, 0.717) is 5.96 Å². The maximum absolute atomic E-state index is 6.11. The van der Waals surface area contributed by atoms with Gasteiger partial charge in [0.2, 0.25) is 0 Å². The van der Waals surface area contributed by atoms with E-state index >= 15 is 0 Å². The Hall–Kier alpha value is -1.59. The Morgan fingerprint density at radius 2 is 2.12 bits per heavy atom. The van der Waals surface area contributed by atoms with E-state index in [1.165, 1.54) is 43.2 Å². The molecule has 0 atom stereocenters. The van der Waals surface area contributed by atoms with E-state index in [1.54, 1.807) is 7.11 Å². The number of guanidine groups is 1. The van der Waals surface area contributed by atoms with Gasteiger partial charge in [-0.25, -0.2) is 0 Å². The summed E-state index contributed by atoms with van der Waals surface area (Å²) in [6.07, 6.45) is 7.47. The molecule has 0 saturated heterocycles. The lowest BCUT2D eigenvalue weighted by atomic mass is 9.90. The lowest BCUT2D eigenvalue weighted by Crippen LogP contribution is -2.33. The third-order valence-electron chi connectivity index (χ3n) is 4.97. The molecule has 2 aliphatic carbocycles. The Kier molecular flexibility index (Phi) is 6.10. The zero-order chi connectivity index (χ0) is 16.8. The predicted octanol–water partition coefficient (Wildman–Crippen LogP) is 2.40. The maximum Gasteiger partial charge on any atom is 0.193 e. The van der Waals surface area contributed by atoms with Gasteiger partial charge in [-0.05, 0) is 55.7 Å². The van der Waals surface area contributed by atoms with Crippen molar-refractivity contribution >= 4 is 11.6 Å². The minimum absolute atomic E-state index is 0.525. The van der Waals surface area contributed by atoms with Crippen molar-refractivity contribution < 1.29 is 4.74 Å². The van der Waals surface area contributed by atoms with Crippen molar-refractivity contribution in [2.75, 3.05) is 38.7 Å². The van der Waals surface area contributed by atoms with Crippen LogP contribution in [0.4, 0.5) is 5.69 Å². The van der Waals surface area contributed by atoms with Gasteiger partial charge in [-0.1, -0.05) is 12.1 Å². The number of rotatable bonds is 8. The first-order valence-corrected chi connectivity index (χ1v) is 9.18. The molecule has 0 aliphatic heterocycles. The molecule has 0 radical (unpaired) electrons. The SMILES string of the molecule is COCCN(CCN=C(N)Nc1cccc2c1CCCC2)C1CC1. The Bertz CT molecular complexity index is 568. The predicted molar refractivity (Wildman–Crippen MR) is 99.7 cm³/mol. The number of nitrogens with one attached hydrogen (secondary N) is 1. The van der Waals surface area contributed by atoms with Crippen molar-refractivity contribution in [1.82, 2.24) is 4.90 Å². The molecule has 0 amide bonds. The Labute approximate surface area is 145 Å². The van der Waals surface area contributed by atoms with Gasteiger partial charge in [0.05, 0.1) is 13.2 Å². The standard InChI is InChI=1S/C19H30N4O/c1-24-14-13-23(16-9-10-16)12-11-21-19(20)22-18-8-4-6-15-5-2-3-7-17(15)18/h4,6,8,16H,2-3,5,7,9-14H2,1H3,(H3,20,21,22). The summed E-state index contributed by atoms with van der Waals surface area (Å²) in [6.45, 7) is 3.44. The molecule has 0 bridgehead atoms. The van der Waals surface area contributed by atoms with Gasteiger partial charge < -0.3 is 15.8 Å². The summed E-state index contributed by atoms with van der Waals surface area (Å²) in [5.74, 6) is 0.525. The number of nitrogens with two attached hydrogens (primary N) is 1. The lowest BCUT2D eigenvalue weighted by Gasteiger charge is -2.21. The number of fused-ring (bicyclic) bond motifs is 1. The van der Waals surface area contributed by atoms with E-state index < -0.39 is 0 Å². The maximum atomic E-state index is 6.11. The third-order valence-corrected chi connectivity index (χ3v) is 4.97. The average molecular weight is 330 g/mol. The van der Waals surface area contributed by atoms with E-state index in [1.807, 2.05) is 0 Å². The Morgan fingerprint density at radius 3 is 2.92 bits per heavy atom. The zero-order valence-corrected chi connectivity index (χ0v) is 14.8. The molecule has 132 valence electrons. The number of aliphatic imine (C=N–C) groups is 1. The number of nitrogens with zero attached hydrogens (tertiary/aromatic N) is 2. The van der Waals surface area contributed by atoms with Crippen LogP contribution in [0.15, 0.2) is 23.2 Å².